The molecule has 4 nitrogen and oxygen atoms in total. The molecule has 0 unspecified atom stereocenters. The van der Waals surface area contributed by atoms with E-state index in [0.29, 0.717) is 6.54 Å². The molecule has 1 rings (SSSR count). The van der Waals surface area contributed by atoms with Crippen molar-refractivity contribution in [3.8, 4) is 0 Å². The van der Waals surface area contributed by atoms with E-state index in [-0.39, 0.29) is 18.1 Å². The summed E-state index contributed by atoms with van der Waals surface area (Å²) in [5, 5.41) is 3.16. The number of hydrogen-bond donors (Lipinski definition) is 1. The smallest absolute Gasteiger partial charge is 0.242 e. The van der Waals surface area contributed by atoms with E-state index in [1.54, 1.807) is 18.1 Å². The molecule has 0 aliphatic carbocycles. The molecule has 1 saturated heterocycles. The highest BCUT2D eigenvalue weighted by molar-refractivity contribution is 5.83. The predicted molar refractivity (Wildman–Crippen MR) is 55.0 cm³/mol. The Balaban J connectivity index is 2.60. The molecule has 80 valence electrons. The summed E-state index contributed by atoms with van der Waals surface area (Å²) in [6, 6.07) is -0.214. The first-order valence-corrected chi connectivity index (χ1v) is 4.86. The van der Waals surface area contributed by atoms with Crippen molar-refractivity contribution in [1.82, 2.24) is 10.2 Å². The van der Waals surface area contributed by atoms with Gasteiger partial charge in [-0.25, -0.2) is 0 Å². The van der Waals surface area contributed by atoms with Gasteiger partial charge < -0.3 is 15.0 Å². The zero-order valence-electron chi connectivity index (χ0n) is 8.82. The largest absolute Gasteiger partial charge is 0.380 e. The Morgan fingerprint density at radius 1 is 1.86 bits per heavy atom. The van der Waals surface area contributed by atoms with Gasteiger partial charge in [-0.05, 0) is 6.92 Å². The van der Waals surface area contributed by atoms with Gasteiger partial charge in [0.2, 0.25) is 5.91 Å². The molecule has 4 heteroatoms. The lowest BCUT2D eigenvalue weighted by atomic mass is 10.1. The molecule has 1 aliphatic heterocycles. The van der Waals surface area contributed by atoms with E-state index in [0.717, 1.165) is 13.1 Å². The van der Waals surface area contributed by atoms with Crippen LogP contribution in [-0.4, -0.2) is 49.7 Å². The summed E-state index contributed by atoms with van der Waals surface area (Å²) in [7, 11) is 1.62. The molecule has 1 aliphatic rings. The summed E-state index contributed by atoms with van der Waals surface area (Å²) in [4.78, 5) is 13.6. The van der Waals surface area contributed by atoms with Crippen molar-refractivity contribution in [2.45, 2.75) is 19.1 Å². The van der Waals surface area contributed by atoms with Crippen LogP contribution in [0.4, 0.5) is 0 Å². The van der Waals surface area contributed by atoms with Crippen LogP contribution in [-0.2, 0) is 9.53 Å². The second kappa shape index (κ2) is 5.12. The molecule has 2 atom stereocenters. The average molecular weight is 198 g/mol. The lowest BCUT2D eigenvalue weighted by Gasteiger charge is -2.34. The molecule has 0 aromatic heterocycles. The Kier molecular flexibility index (Phi) is 4.10. The number of nitrogens with zero attached hydrogens (tertiary/aromatic N) is 1. The molecule has 0 spiro atoms. The summed E-state index contributed by atoms with van der Waals surface area (Å²) < 4.78 is 5.15. The Hall–Kier alpha value is -0.870. The summed E-state index contributed by atoms with van der Waals surface area (Å²) in [5.41, 5.74) is 0. The van der Waals surface area contributed by atoms with Gasteiger partial charge in [-0.15, -0.1) is 6.58 Å². The van der Waals surface area contributed by atoms with E-state index in [1.165, 1.54) is 0 Å². The number of piperazine rings is 1. The topological polar surface area (TPSA) is 41.6 Å². The molecule has 1 N–H and O–H groups in total. The normalized spacial score (nSPS) is 24.9. The first kappa shape index (κ1) is 11.2. The zero-order valence-corrected chi connectivity index (χ0v) is 8.82. The molecule has 0 bridgehead atoms. The number of amides is 1. The lowest BCUT2D eigenvalue weighted by molar-refractivity contribution is -0.138. The molecule has 0 aromatic rings. The minimum Gasteiger partial charge on any atom is -0.380 e. The Morgan fingerprint density at radius 3 is 3.14 bits per heavy atom. The fraction of sp³-hybridized carbons (Fsp3) is 0.700. The maximum atomic E-state index is 11.9. The molecule has 1 heterocycles. The number of carbonyl (C=O) groups is 1. The van der Waals surface area contributed by atoms with Gasteiger partial charge in [-0.1, -0.05) is 6.08 Å². The molecule has 1 fully saturated rings. The van der Waals surface area contributed by atoms with Gasteiger partial charge in [0.1, 0.15) is 6.04 Å². The number of nitrogens with one attached hydrogen (secondary N) is 1. The van der Waals surface area contributed by atoms with E-state index in [4.69, 9.17) is 4.74 Å². The van der Waals surface area contributed by atoms with Gasteiger partial charge in [-0.3, -0.25) is 4.79 Å². The van der Waals surface area contributed by atoms with Crippen molar-refractivity contribution in [2.24, 2.45) is 0 Å². The number of ether oxygens (including phenoxy) is 1. The van der Waals surface area contributed by atoms with Crippen LogP contribution in [0.1, 0.15) is 6.92 Å². The number of carbonyl (C=O) groups excluding carboxylic acids is 1. The van der Waals surface area contributed by atoms with E-state index >= 15 is 0 Å². The SMILES string of the molecule is C=CCN1CCN[C@@H]([C@@H](C)OC)C1=O. The van der Waals surface area contributed by atoms with E-state index in [1.807, 2.05) is 6.92 Å². The third-order valence-corrected chi connectivity index (χ3v) is 2.51. The first-order valence-electron chi connectivity index (χ1n) is 4.86. The number of methoxy groups -OCH3 is 1. The second-order valence-corrected chi connectivity index (χ2v) is 3.45. The molecule has 0 radical (unpaired) electrons. The van der Waals surface area contributed by atoms with Crippen molar-refractivity contribution in [2.75, 3.05) is 26.7 Å². The second-order valence-electron chi connectivity index (χ2n) is 3.45. The van der Waals surface area contributed by atoms with Crippen molar-refractivity contribution in [1.29, 1.82) is 0 Å². The van der Waals surface area contributed by atoms with Crippen LogP contribution in [0.25, 0.3) is 0 Å². The van der Waals surface area contributed by atoms with Crippen LogP contribution >= 0.6 is 0 Å². The van der Waals surface area contributed by atoms with Gasteiger partial charge in [0, 0.05) is 26.7 Å². The molecular weight excluding hydrogens is 180 g/mol. The van der Waals surface area contributed by atoms with Crippen molar-refractivity contribution < 1.29 is 9.53 Å². The third-order valence-electron chi connectivity index (χ3n) is 2.51. The molecular formula is C10H18N2O2. The summed E-state index contributed by atoms with van der Waals surface area (Å²) in [5.74, 6) is 0.102. The summed E-state index contributed by atoms with van der Waals surface area (Å²) in [6.07, 6.45) is 1.66. The fourth-order valence-electron chi connectivity index (χ4n) is 1.59. The van der Waals surface area contributed by atoms with Crippen molar-refractivity contribution in [3.05, 3.63) is 12.7 Å². The lowest BCUT2D eigenvalue weighted by Crippen LogP contribution is -2.59. The highest BCUT2D eigenvalue weighted by atomic mass is 16.5. The molecule has 14 heavy (non-hydrogen) atoms. The quantitative estimate of drug-likeness (QED) is 0.647. The standard InChI is InChI=1S/C10H18N2O2/c1-4-6-12-7-5-11-9(10(12)13)8(2)14-3/h4,8-9,11H,1,5-7H2,2-3H3/t8-,9+/m1/s1. The van der Waals surface area contributed by atoms with Gasteiger partial charge in [-0.2, -0.15) is 0 Å². The van der Waals surface area contributed by atoms with Crippen LogP contribution in [0, 0.1) is 0 Å². The highest BCUT2D eigenvalue weighted by Gasteiger charge is 2.31. The Bertz CT molecular complexity index is 218. The summed E-state index contributed by atoms with van der Waals surface area (Å²) >= 11 is 0. The van der Waals surface area contributed by atoms with Crippen LogP contribution < -0.4 is 5.32 Å². The summed E-state index contributed by atoms with van der Waals surface area (Å²) in [6.45, 7) is 7.71. The maximum Gasteiger partial charge on any atom is 0.242 e. The number of rotatable bonds is 4. The number of hydrogen-bond acceptors (Lipinski definition) is 3. The Morgan fingerprint density at radius 2 is 2.57 bits per heavy atom. The van der Waals surface area contributed by atoms with Crippen LogP contribution in [0.2, 0.25) is 0 Å². The minimum atomic E-state index is -0.214. The van der Waals surface area contributed by atoms with Crippen LogP contribution in [0.3, 0.4) is 0 Å². The Labute approximate surface area is 84.9 Å². The molecule has 0 saturated carbocycles. The molecule has 0 aromatic carbocycles. The van der Waals surface area contributed by atoms with Gasteiger partial charge >= 0.3 is 0 Å². The van der Waals surface area contributed by atoms with Gasteiger partial charge in [0.05, 0.1) is 6.10 Å². The van der Waals surface area contributed by atoms with Crippen molar-refractivity contribution >= 4 is 5.91 Å². The monoisotopic (exact) mass is 198 g/mol. The fourth-order valence-corrected chi connectivity index (χ4v) is 1.59. The van der Waals surface area contributed by atoms with Crippen LogP contribution in [0.5, 0.6) is 0 Å². The minimum absolute atomic E-state index is 0.0879. The average Bonchev–Trinajstić information content (AvgIpc) is 2.20. The van der Waals surface area contributed by atoms with Gasteiger partial charge in [0.25, 0.3) is 0 Å². The van der Waals surface area contributed by atoms with Gasteiger partial charge in [0.15, 0.2) is 0 Å². The predicted octanol–water partition coefficient (Wildman–Crippen LogP) is 0.00770. The highest BCUT2D eigenvalue weighted by Crippen LogP contribution is 2.07. The van der Waals surface area contributed by atoms with E-state index < -0.39 is 0 Å². The van der Waals surface area contributed by atoms with E-state index in [9.17, 15) is 4.79 Å². The van der Waals surface area contributed by atoms with E-state index in [2.05, 4.69) is 11.9 Å². The third kappa shape index (κ3) is 2.33. The van der Waals surface area contributed by atoms with Crippen molar-refractivity contribution in [3.63, 3.8) is 0 Å². The zero-order chi connectivity index (χ0) is 10.6. The molecule has 1 amide bonds. The first-order chi connectivity index (χ1) is 6.70. The maximum absolute atomic E-state index is 11.9. The van der Waals surface area contributed by atoms with Crippen LogP contribution in [0.15, 0.2) is 12.7 Å².